The van der Waals surface area contributed by atoms with Gasteiger partial charge in [-0.15, -0.1) is 0 Å². The Balaban J connectivity index is 1.64. The largest absolute Gasteiger partial charge is 0.445 e. The smallest absolute Gasteiger partial charge is 0.407 e. The number of carbonyl (C=O) groups excluding carboxylic acids is 1. The minimum Gasteiger partial charge on any atom is -0.445 e. The second kappa shape index (κ2) is 35.0. The summed E-state index contributed by atoms with van der Waals surface area (Å²) in [6.07, 6.45) is 5.80. The molecule has 12 heteroatoms. The van der Waals surface area contributed by atoms with Gasteiger partial charge >= 0.3 is 6.09 Å². The monoisotopic (exact) mass is 645 g/mol. The Labute approximate surface area is 270 Å². The van der Waals surface area contributed by atoms with Gasteiger partial charge < -0.3 is 52.7 Å². The van der Waals surface area contributed by atoms with Crippen molar-refractivity contribution in [2.75, 3.05) is 125 Å². The molecule has 0 saturated heterocycles. The number of hydrogen-bond donors (Lipinski definition) is 1. The molecule has 262 valence electrons. The zero-order valence-corrected chi connectivity index (χ0v) is 27.6. The number of nitrogens with one attached hydrogen (secondary N) is 1. The van der Waals surface area contributed by atoms with E-state index in [0.29, 0.717) is 119 Å². The number of ether oxygens (including phenoxy) is 10. The van der Waals surface area contributed by atoms with Gasteiger partial charge in [-0.25, -0.2) is 4.79 Å². The van der Waals surface area contributed by atoms with Crippen LogP contribution < -0.4 is 5.32 Å². The molecule has 0 aliphatic rings. The third kappa shape index (κ3) is 31.9. The van der Waals surface area contributed by atoms with E-state index in [1.54, 1.807) is 0 Å². The number of rotatable bonds is 35. The van der Waals surface area contributed by atoms with Crippen molar-refractivity contribution in [3.05, 3.63) is 35.9 Å². The quantitative estimate of drug-likeness (QED) is 0.108. The number of unbranched alkanes of at least 4 members (excludes halogenated alkanes) is 4. The van der Waals surface area contributed by atoms with Crippen molar-refractivity contribution in [2.45, 2.75) is 45.6 Å². The van der Waals surface area contributed by atoms with E-state index >= 15 is 0 Å². The van der Waals surface area contributed by atoms with Gasteiger partial charge in [0.2, 0.25) is 0 Å². The zero-order valence-electron chi connectivity index (χ0n) is 27.6. The summed E-state index contributed by atoms with van der Waals surface area (Å²) in [7, 11) is 0. The van der Waals surface area contributed by atoms with Gasteiger partial charge in [-0.05, 0) is 12.0 Å². The number of benzene rings is 1. The lowest BCUT2D eigenvalue weighted by atomic mass is 10.2. The molecule has 0 saturated carbocycles. The summed E-state index contributed by atoms with van der Waals surface area (Å²) >= 11 is 0. The highest BCUT2D eigenvalue weighted by Crippen LogP contribution is 2.02. The molecule has 0 aliphatic heterocycles. The van der Waals surface area contributed by atoms with E-state index in [9.17, 15) is 4.79 Å². The molecule has 1 amide bonds. The van der Waals surface area contributed by atoms with Crippen molar-refractivity contribution in [3.63, 3.8) is 0 Å². The van der Waals surface area contributed by atoms with Crippen molar-refractivity contribution in [2.24, 2.45) is 0 Å². The number of hydrogen-bond acceptors (Lipinski definition) is 11. The third-order valence-corrected chi connectivity index (χ3v) is 6.10. The van der Waals surface area contributed by atoms with Crippen LogP contribution in [0.2, 0.25) is 0 Å². The maximum atomic E-state index is 11.6. The first kappa shape index (κ1) is 41.2. The highest BCUT2D eigenvalue weighted by Gasteiger charge is 2.02. The van der Waals surface area contributed by atoms with E-state index in [1.807, 2.05) is 30.3 Å². The zero-order chi connectivity index (χ0) is 32.1. The molecule has 0 aromatic heterocycles. The van der Waals surface area contributed by atoms with Crippen LogP contribution in [0, 0.1) is 0 Å². The van der Waals surface area contributed by atoms with Gasteiger partial charge in [-0.2, -0.15) is 0 Å². The second-order valence-corrected chi connectivity index (χ2v) is 9.91. The molecule has 1 N–H and O–H groups in total. The molecule has 1 aromatic rings. The minimum absolute atomic E-state index is 0.242. The molecule has 1 aromatic carbocycles. The SMILES string of the molecule is CCCCCCCOCCOCCOCCOCCOCCOCCOCCOCCOCCNC(=O)OCc1ccccc1. The summed E-state index contributed by atoms with van der Waals surface area (Å²) in [5.74, 6) is 0. The molecule has 0 fully saturated rings. The average Bonchev–Trinajstić information content (AvgIpc) is 3.06. The maximum Gasteiger partial charge on any atom is 0.407 e. The third-order valence-electron chi connectivity index (χ3n) is 6.10. The van der Waals surface area contributed by atoms with Crippen LogP contribution in [0.5, 0.6) is 0 Å². The minimum atomic E-state index is -0.465. The average molecular weight is 646 g/mol. The van der Waals surface area contributed by atoms with Gasteiger partial charge in [-0.3, -0.25) is 0 Å². The Morgan fingerprint density at radius 2 is 0.867 bits per heavy atom. The summed E-state index contributed by atoms with van der Waals surface area (Å²) < 4.78 is 54.4. The van der Waals surface area contributed by atoms with E-state index in [1.165, 1.54) is 25.7 Å². The van der Waals surface area contributed by atoms with E-state index in [2.05, 4.69) is 12.2 Å². The molecule has 0 heterocycles. The molecule has 1 rings (SSSR count). The molecule has 12 nitrogen and oxygen atoms in total. The molecule has 0 aliphatic carbocycles. The Kier molecular flexibility index (Phi) is 32.0. The Hall–Kier alpha value is -1.87. The van der Waals surface area contributed by atoms with E-state index in [0.717, 1.165) is 18.6 Å². The van der Waals surface area contributed by atoms with Crippen LogP contribution in [0.15, 0.2) is 30.3 Å². The van der Waals surface area contributed by atoms with Gasteiger partial charge in [0, 0.05) is 13.2 Å². The lowest BCUT2D eigenvalue weighted by Gasteiger charge is -2.09. The molecular weight excluding hydrogens is 586 g/mol. The first-order valence-corrected chi connectivity index (χ1v) is 16.5. The van der Waals surface area contributed by atoms with Crippen LogP contribution >= 0.6 is 0 Å². The van der Waals surface area contributed by atoms with E-state index in [4.69, 9.17) is 47.4 Å². The second-order valence-electron chi connectivity index (χ2n) is 9.91. The van der Waals surface area contributed by atoms with Crippen molar-refractivity contribution in [1.82, 2.24) is 5.32 Å². The van der Waals surface area contributed by atoms with Crippen LogP contribution in [0.1, 0.15) is 44.6 Å². The first-order valence-electron chi connectivity index (χ1n) is 16.5. The molecule has 0 atom stereocenters. The fourth-order valence-electron chi connectivity index (χ4n) is 3.67. The summed E-state index contributed by atoms with van der Waals surface area (Å²) in [6.45, 7) is 12.4. The van der Waals surface area contributed by atoms with Crippen molar-refractivity contribution in [3.8, 4) is 0 Å². The van der Waals surface area contributed by atoms with Crippen molar-refractivity contribution < 1.29 is 52.2 Å². The van der Waals surface area contributed by atoms with Gasteiger partial charge in [-0.1, -0.05) is 62.9 Å². The predicted octanol–water partition coefficient (Wildman–Crippen LogP) is 4.03. The van der Waals surface area contributed by atoms with Crippen LogP contribution in [-0.2, 0) is 54.0 Å². The van der Waals surface area contributed by atoms with Crippen LogP contribution in [0.25, 0.3) is 0 Å². The van der Waals surface area contributed by atoms with Crippen LogP contribution in [0.3, 0.4) is 0 Å². The van der Waals surface area contributed by atoms with Crippen molar-refractivity contribution in [1.29, 1.82) is 0 Å². The highest BCUT2D eigenvalue weighted by atomic mass is 16.6. The standard InChI is InChI=1S/C33H59NO11/c1-2-3-4-5-9-13-36-15-17-38-19-21-40-23-25-42-27-29-44-30-28-43-26-24-41-22-20-39-18-16-37-14-12-34-33(35)45-31-32-10-7-6-8-11-32/h6-8,10-11H,2-5,9,12-31H2,1H3,(H,34,35). The Morgan fingerprint density at radius 1 is 0.489 bits per heavy atom. The van der Waals surface area contributed by atoms with Crippen molar-refractivity contribution >= 4 is 6.09 Å². The molecular formula is C33H59NO11. The van der Waals surface area contributed by atoms with E-state index < -0.39 is 6.09 Å². The number of alkyl carbamates (subject to hydrolysis) is 1. The summed E-state index contributed by atoms with van der Waals surface area (Å²) in [5, 5.41) is 2.64. The summed E-state index contributed by atoms with van der Waals surface area (Å²) in [6, 6.07) is 9.52. The lowest BCUT2D eigenvalue weighted by molar-refractivity contribution is -0.0249. The topological polar surface area (TPSA) is 121 Å². The van der Waals surface area contributed by atoms with Gasteiger partial charge in [0.15, 0.2) is 0 Å². The van der Waals surface area contributed by atoms with Gasteiger partial charge in [0.1, 0.15) is 6.61 Å². The highest BCUT2D eigenvalue weighted by molar-refractivity contribution is 5.67. The normalized spacial score (nSPS) is 11.2. The van der Waals surface area contributed by atoms with Gasteiger partial charge in [0.25, 0.3) is 0 Å². The molecule has 0 radical (unpaired) electrons. The molecule has 0 unspecified atom stereocenters. The molecule has 45 heavy (non-hydrogen) atoms. The first-order chi connectivity index (χ1) is 22.3. The Bertz CT molecular complexity index is 730. The van der Waals surface area contributed by atoms with Gasteiger partial charge in [0.05, 0.1) is 112 Å². The number of amides is 1. The number of carbonyl (C=O) groups is 1. The lowest BCUT2D eigenvalue weighted by Crippen LogP contribution is -2.28. The summed E-state index contributed by atoms with van der Waals surface area (Å²) in [5.41, 5.74) is 0.941. The molecule has 0 spiro atoms. The summed E-state index contributed by atoms with van der Waals surface area (Å²) in [4.78, 5) is 11.6. The predicted molar refractivity (Wildman–Crippen MR) is 171 cm³/mol. The molecule has 0 bridgehead atoms. The maximum absolute atomic E-state index is 11.6. The fraction of sp³-hybridized carbons (Fsp3) is 0.788. The van der Waals surface area contributed by atoms with Crippen LogP contribution in [0.4, 0.5) is 4.79 Å². The van der Waals surface area contributed by atoms with Crippen LogP contribution in [-0.4, -0.2) is 132 Å². The Morgan fingerprint density at radius 3 is 1.29 bits per heavy atom. The fourth-order valence-corrected chi connectivity index (χ4v) is 3.67. The van der Waals surface area contributed by atoms with E-state index in [-0.39, 0.29) is 6.61 Å².